The molecule has 0 atom stereocenters. The summed E-state index contributed by atoms with van der Waals surface area (Å²) in [6, 6.07) is 18.5. The third-order valence-corrected chi connectivity index (χ3v) is 5.96. The van der Waals surface area contributed by atoms with E-state index in [0.29, 0.717) is 5.75 Å². The largest absolute Gasteiger partial charge is 0.339 e. The molecule has 5 nitrogen and oxygen atoms in total. The monoisotopic (exact) mass is 392 g/mol. The van der Waals surface area contributed by atoms with Crippen LogP contribution in [0.5, 0.6) is 0 Å². The summed E-state index contributed by atoms with van der Waals surface area (Å²) in [5, 5.41) is 1.90. The van der Waals surface area contributed by atoms with Crippen molar-refractivity contribution in [2.75, 3.05) is 31.9 Å². The zero-order valence-electron chi connectivity index (χ0n) is 16.0. The van der Waals surface area contributed by atoms with Crippen LogP contribution >= 0.6 is 11.8 Å². The Morgan fingerprint density at radius 2 is 1.68 bits per heavy atom. The van der Waals surface area contributed by atoms with Gasteiger partial charge in [-0.15, -0.1) is 0 Å². The summed E-state index contributed by atoms with van der Waals surface area (Å²) in [5.41, 5.74) is 2.25. The second-order valence-corrected chi connectivity index (χ2v) is 7.99. The summed E-state index contributed by atoms with van der Waals surface area (Å²) < 4.78 is 0. The topological polar surface area (TPSA) is 49.3 Å². The molecule has 6 heteroatoms. The highest BCUT2D eigenvalue weighted by molar-refractivity contribution is 8.00. The van der Waals surface area contributed by atoms with E-state index in [9.17, 15) is 4.79 Å². The summed E-state index contributed by atoms with van der Waals surface area (Å²) in [4.78, 5) is 26.1. The van der Waals surface area contributed by atoms with Crippen LogP contribution in [0, 0.1) is 6.92 Å². The molecule has 0 aliphatic carbocycles. The molecule has 4 rings (SSSR count). The van der Waals surface area contributed by atoms with Crippen LogP contribution in [-0.4, -0.2) is 57.6 Å². The number of amides is 1. The molecule has 144 valence electrons. The van der Waals surface area contributed by atoms with E-state index in [1.54, 1.807) is 0 Å². The van der Waals surface area contributed by atoms with E-state index in [2.05, 4.69) is 39.1 Å². The van der Waals surface area contributed by atoms with Gasteiger partial charge < -0.3 is 4.90 Å². The number of carbonyl (C=O) groups excluding carboxylic acids is 1. The third kappa shape index (κ3) is 4.51. The van der Waals surface area contributed by atoms with Crippen molar-refractivity contribution >= 4 is 28.6 Å². The van der Waals surface area contributed by atoms with E-state index in [4.69, 9.17) is 0 Å². The van der Waals surface area contributed by atoms with Gasteiger partial charge in [-0.25, -0.2) is 9.97 Å². The molecule has 28 heavy (non-hydrogen) atoms. The minimum absolute atomic E-state index is 0.185. The molecule has 3 aromatic rings. The molecular formula is C22H24N4OS. The van der Waals surface area contributed by atoms with Gasteiger partial charge >= 0.3 is 0 Å². The maximum atomic E-state index is 12.7. The van der Waals surface area contributed by atoms with E-state index < -0.39 is 0 Å². The van der Waals surface area contributed by atoms with Gasteiger partial charge in [0, 0.05) is 38.1 Å². The van der Waals surface area contributed by atoms with Gasteiger partial charge in [0.1, 0.15) is 10.9 Å². The van der Waals surface area contributed by atoms with E-state index in [1.807, 2.05) is 42.2 Å². The summed E-state index contributed by atoms with van der Waals surface area (Å²) in [7, 11) is 0. The number of nitrogens with zero attached hydrogens (tertiary/aromatic N) is 4. The van der Waals surface area contributed by atoms with Gasteiger partial charge in [0.05, 0.1) is 11.3 Å². The lowest BCUT2D eigenvalue weighted by atomic mass is 10.2. The Balaban J connectivity index is 1.32. The Hall–Kier alpha value is -2.44. The van der Waals surface area contributed by atoms with Crippen molar-refractivity contribution in [1.82, 2.24) is 19.8 Å². The molecule has 1 saturated heterocycles. The molecule has 1 aliphatic rings. The second kappa shape index (κ2) is 8.71. The van der Waals surface area contributed by atoms with Crippen LogP contribution in [0.25, 0.3) is 10.9 Å². The van der Waals surface area contributed by atoms with Crippen molar-refractivity contribution in [3.8, 4) is 0 Å². The predicted molar refractivity (Wildman–Crippen MR) is 113 cm³/mol. The number of aromatic nitrogens is 2. The molecule has 0 unspecified atom stereocenters. The number of para-hydroxylation sites is 1. The van der Waals surface area contributed by atoms with Crippen molar-refractivity contribution < 1.29 is 4.79 Å². The maximum Gasteiger partial charge on any atom is 0.233 e. The van der Waals surface area contributed by atoms with Crippen molar-refractivity contribution in [2.45, 2.75) is 18.5 Å². The van der Waals surface area contributed by atoms with Crippen LogP contribution in [0.3, 0.4) is 0 Å². The molecule has 0 radical (unpaired) electrons. The fourth-order valence-corrected chi connectivity index (χ4v) is 4.45. The van der Waals surface area contributed by atoms with Crippen LogP contribution < -0.4 is 0 Å². The normalized spacial score (nSPS) is 15.1. The zero-order valence-corrected chi connectivity index (χ0v) is 16.9. The van der Waals surface area contributed by atoms with Crippen LogP contribution in [0.2, 0.25) is 0 Å². The highest BCUT2D eigenvalue weighted by Crippen LogP contribution is 2.25. The molecule has 1 aliphatic heterocycles. The second-order valence-electron chi connectivity index (χ2n) is 7.02. The van der Waals surface area contributed by atoms with Gasteiger partial charge in [-0.05, 0) is 18.6 Å². The average Bonchev–Trinajstić information content (AvgIpc) is 2.73. The smallest absolute Gasteiger partial charge is 0.233 e. The first-order valence-electron chi connectivity index (χ1n) is 9.59. The number of thioether (sulfide) groups is 1. The Morgan fingerprint density at radius 1 is 0.964 bits per heavy atom. The van der Waals surface area contributed by atoms with E-state index in [-0.39, 0.29) is 5.91 Å². The lowest BCUT2D eigenvalue weighted by Gasteiger charge is -2.34. The van der Waals surface area contributed by atoms with Crippen LogP contribution in [0.1, 0.15) is 11.4 Å². The van der Waals surface area contributed by atoms with E-state index in [0.717, 1.165) is 54.5 Å². The first-order chi connectivity index (χ1) is 13.7. The SMILES string of the molecule is Cc1nc(SCC(=O)N2CCN(Cc3ccccc3)CC2)c2ccccc2n1. The number of rotatable bonds is 5. The van der Waals surface area contributed by atoms with Crippen molar-refractivity contribution in [3.63, 3.8) is 0 Å². The number of piperazine rings is 1. The zero-order chi connectivity index (χ0) is 19.3. The quantitative estimate of drug-likeness (QED) is 0.492. The molecule has 1 amide bonds. The molecule has 1 aromatic heterocycles. The van der Waals surface area contributed by atoms with Gasteiger partial charge in [0.15, 0.2) is 0 Å². The minimum Gasteiger partial charge on any atom is -0.339 e. The van der Waals surface area contributed by atoms with Crippen molar-refractivity contribution in [2.24, 2.45) is 0 Å². The number of fused-ring (bicyclic) bond motifs is 1. The molecule has 0 spiro atoms. The van der Waals surface area contributed by atoms with Crippen LogP contribution in [0.15, 0.2) is 59.6 Å². The third-order valence-electron chi connectivity index (χ3n) is 4.99. The number of hydrogen-bond acceptors (Lipinski definition) is 5. The standard InChI is InChI=1S/C22H24N4OS/c1-17-23-20-10-6-5-9-19(20)22(24-17)28-16-21(27)26-13-11-25(12-14-26)15-18-7-3-2-4-8-18/h2-10H,11-16H2,1H3. The molecule has 0 N–H and O–H groups in total. The summed E-state index contributed by atoms with van der Waals surface area (Å²) >= 11 is 1.51. The van der Waals surface area contributed by atoms with Gasteiger partial charge in [-0.2, -0.15) is 0 Å². The lowest BCUT2D eigenvalue weighted by Crippen LogP contribution is -2.48. The summed E-state index contributed by atoms with van der Waals surface area (Å²) in [6.07, 6.45) is 0. The summed E-state index contributed by atoms with van der Waals surface area (Å²) in [5.74, 6) is 1.34. The van der Waals surface area contributed by atoms with Gasteiger partial charge in [-0.1, -0.05) is 60.3 Å². The molecule has 1 fully saturated rings. The lowest BCUT2D eigenvalue weighted by molar-refractivity contribution is -0.130. The molecule has 2 heterocycles. The van der Waals surface area contributed by atoms with E-state index >= 15 is 0 Å². The van der Waals surface area contributed by atoms with E-state index in [1.165, 1.54) is 17.3 Å². The number of aryl methyl sites for hydroxylation is 1. The van der Waals surface area contributed by atoms with Crippen LogP contribution in [-0.2, 0) is 11.3 Å². The first-order valence-corrected chi connectivity index (χ1v) is 10.6. The molecular weight excluding hydrogens is 368 g/mol. The minimum atomic E-state index is 0.185. The highest BCUT2D eigenvalue weighted by Gasteiger charge is 2.21. The summed E-state index contributed by atoms with van der Waals surface area (Å²) in [6.45, 7) is 6.25. The Labute approximate surface area is 169 Å². The molecule has 2 aromatic carbocycles. The predicted octanol–water partition coefficient (Wildman–Crippen LogP) is 3.37. The molecule has 0 saturated carbocycles. The Bertz CT molecular complexity index is 955. The van der Waals surface area contributed by atoms with Gasteiger partial charge in [0.2, 0.25) is 5.91 Å². The number of benzene rings is 2. The van der Waals surface area contributed by atoms with Crippen molar-refractivity contribution in [1.29, 1.82) is 0 Å². The van der Waals surface area contributed by atoms with Gasteiger partial charge in [0.25, 0.3) is 0 Å². The van der Waals surface area contributed by atoms with Crippen LogP contribution in [0.4, 0.5) is 0 Å². The molecule has 0 bridgehead atoms. The average molecular weight is 393 g/mol. The van der Waals surface area contributed by atoms with Gasteiger partial charge in [-0.3, -0.25) is 9.69 Å². The fourth-order valence-electron chi connectivity index (χ4n) is 3.49. The maximum absolute atomic E-state index is 12.7. The Morgan fingerprint density at radius 3 is 2.46 bits per heavy atom. The number of hydrogen-bond donors (Lipinski definition) is 0. The van der Waals surface area contributed by atoms with Crippen molar-refractivity contribution in [3.05, 3.63) is 66.0 Å². The first kappa shape index (κ1) is 18.9. The fraction of sp³-hybridized carbons (Fsp3) is 0.318. The Kier molecular flexibility index (Phi) is 5.88. The highest BCUT2D eigenvalue weighted by atomic mass is 32.2. The number of carbonyl (C=O) groups is 1.